The minimum Gasteiger partial charge on any atom is -0.462 e. The van der Waals surface area contributed by atoms with E-state index in [9.17, 15) is 26.2 Å². The van der Waals surface area contributed by atoms with Crippen molar-refractivity contribution in [2.75, 3.05) is 23.8 Å². The van der Waals surface area contributed by atoms with Gasteiger partial charge in [-0.1, -0.05) is 11.3 Å². The van der Waals surface area contributed by atoms with E-state index in [1.54, 1.807) is 25.1 Å². The molecular weight excluding hydrogens is 548 g/mol. The molecule has 4 aromatic rings. The van der Waals surface area contributed by atoms with Crippen molar-refractivity contribution in [2.45, 2.75) is 23.6 Å². The number of carbonyl (C=O) groups excluding carboxylic acids is 1. The number of fused-ring (bicyclic) bond motifs is 1. The van der Waals surface area contributed by atoms with Crippen LogP contribution in [0.25, 0.3) is 15.9 Å². The standard InChI is InChI=1S/C10H12N4O6S2.C10H10N2O2S/c1-5-9(11)10(12)14(13-5)7-4-6(21(15,16)17)2-3-8(7)22(18,19)20;1-2-14-9(13)6-3-4-7-8(5-6)15-10(11)12-7/h2-4H,11-12H2,1H3,(H,15,16,17)(H,18,19,20);3-5H,2H2,1H3,(H2,11,12). The molecule has 0 atom stereocenters. The highest BCUT2D eigenvalue weighted by molar-refractivity contribution is 7.86. The molecule has 0 spiro atoms. The topological polar surface area (TPSA) is 244 Å². The molecule has 0 amide bonds. The molecule has 17 heteroatoms. The fourth-order valence-corrected chi connectivity index (χ4v) is 4.99. The molecular formula is C20H22N6O8S3. The number of anilines is 3. The molecule has 0 aliphatic rings. The number of rotatable bonds is 5. The molecule has 8 N–H and O–H groups in total. The van der Waals surface area contributed by atoms with Crippen molar-refractivity contribution < 1.29 is 35.5 Å². The Kier molecular flexibility index (Phi) is 7.75. The van der Waals surface area contributed by atoms with E-state index in [4.69, 9.17) is 26.5 Å². The summed E-state index contributed by atoms with van der Waals surface area (Å²) >= 11 is 1.36. The minimum atomic E-state index is -4.70. The van der Waals surface area contributed by atoms with Gasteiger partial charge in [-0.15, -0.1) is 0 Å². The summed E-state index contributed by atoms with van der Waals surface area (Å²) < 4.78 is 70.2. The summed E-state index contributed by atoms with van der Waals surface area (Å²) in [7, 11) is -9.30. The van der Waals surface area contributed by atoms with Gasteiger partial charge < -0.3 is 21.9 Å². The highest BCUT2D eigenvalue weighted by Gasteiger charge is 2.23. The molecule has 0 fully saturated rings. The summed E-state index contributed by atoms with van der Waals surface area (Å²) in [6, 6.07) is 7.65. The van der Waals surface area contributed by atoms with Crippen LogP contribution in [0, 0.1) is 6.92 Å². The van der Waals surface area contributed by atoms with Crippen molar-refractivity contribution in [2.24, 2.45) is 0 Å². The van der Waals surface area contributed by atoms with Crippen molar-refractivity contribution in [3.8, 4) is 5.69 Å². The molecule has 0 saturated heterocycles. The first kappa shape index (κ1) is 27.8. The molecule has 0 unspecified atom stereocenters. The lowest BCUT2D eigenvalue weighted by Gasteiger charge is -2.10. The van der Waals surface area contributed by atoms with Crippen molar-refractivity contribution in [1.82, 2.24) is 14.8 Å². The molecule has 14 nitrogen and oxygen atoms in total. The fraction of sp³-hybridized carbons (Fsp3) is 0.150. The van der Waals surface area contributed by atoms with Crippen LogP contribution >= 0.6 is 11.3 Å². The summed E-state index contributed by atoms with van der Waals surface area (Å²) in [5.41, 5.74) is 18.2. The van der Waals surface area contributed by atoms with Crippen LogP contribution in [0.1, 0.15) is 23.0 Å². The third kappa shape index (κ3) is 6.15. The van der Waals surface area contributed by atoms with Crippen LogP contribution in [0.3, 0.4) is 0 Å². The van der Waals surface area contributed by atoms with Crippen molar-refractivity contribution in [1.29, 1.82) is 0 Å². The molecule has 0 aliphatic heterocycles. The Hall–Kier alpha value is -3.77. The van der Waals surface area contributed by atoms with E-state index in [-0.39, 0.29) is 28.9 Å². The number of benzene rings is 2. The van der Waals surface area contributed by atoms with Crippen molar-refractivity contribution >= 4 is 64.4 Å². The van der Waals surface area contributed by atoms with E-state index in [0.717, 1.165) is 33.1 Å². The molecule has 0 saturated carbocycles. The molecule has 0 aliphatic carbocycles. The summed E-state index contributed by atoms with van der Waals surface area (Å²) in [6.45, 7) is 3.66. The second-order valence-electron chi connectivity index (χ2n) is 7.33. The zero-order valence-electron chi connectivity index (χ0n) is 19.3. The summed E-state index contributed by atoms with van der Waals surface area (Å²) in [5, 5.41) is 4.40. The number of esters is 1. The van der Waals surface area contributed by atoms with Crippen molar-refractivity contribution in [3.63, 3.8) is 0 Å². The van der Waals surface area contributed by atoms with Gasteiger partial charge in [-0.05, 0) is 50.2 Å². The number of nitrogens with zero attached hydrogens (tertiary/aromatic N) is 3. The predicted molar refractivity (Wildman–Crippen MR) is 137 cm³/mol. The van der Waals surface area contributed by atoms with Gasteiger partial charge in [0, 0.05) is 0 Å². The fourth-order valence-electron chi connectivity index (χ4n) is 3.07. The first-order valence-electron chi connectivity index (χ1n) is 10.2. The zero-order valence-corrected chi connectivity index (χ0v) is 21.8. The zero-order chi connectivity index (χ0) is 27.7. The van der Waals surface area contributed by atoms with Gasteiger partial charge in [0.15, 0.2) is 10.9 Å². The predicted octanol–water partition coefficient (Wildman–Crippen LogP) is 1.89. The quantitative estimate of drug-likeness (QED) is 0.170. The van der Waals surface area contributed by atoms with Gasteiger partial charge in [0.1, 0.15) is 4.90 Å². The number of thiazole rings is 1. The van der Waals surface area contributed by atoms with Gasteiger partial charge >= 0.3 is 5.97 Å². The highest BCUT2D eigenvalue weighted by atomic mass is 32.2. The van der Waals surface area contributed by atoms with Gasteiger partial charge in [0.2, 0.25) is 0 Å². The Morgan fingerprint density at radius 2 is 1.73 bits per heavy atom. The van der Waals surface area contributed by atoms with E-state index in [2.05, 4.69) is 10.1 Å². The number of aryl methyl sites for hydroxylation is 1. The lowest BCUT2D eigenvalue weighted by atomic mass is 10.2. The monoisotopic (exact) mass is 570 g/mol. The maximum Gasteiger partial charge on any atom is 0.338 e. The molecule has 0 bridgehead atoms. The number of nitrogen functional groups attached to an aromatic ring is 3. The van der Waals surface area contributed by atoms with Gasteiger partial charge in [-0.2, -0.15) is 21.9 Å². The smallest absolute Gasteiger partial charge is 0.338 e. The lowest BCUT2D eigenvalue weighted by Crippen LogP contribution is -2.11. The largest absolute Gasteiger partial charge is 0.462 e. The number of hydrogen-bond donors (Lipinski definition) is 5. The second kappa shape index (κ2) is 10.3. The number of hydrogen-bond acceptors (Lipinski definition) is 12. The Morgan fingerprint density at radius 3 is 2.27 bits per heavy atom. The average molecular weight is 571 g/mol. The van der Waals surface area contributed by atoms with Crippen LogP contribution in [-0.4, -0.2) is 53.3 Å². The minimum absolute atomic E-state index is 0.0681. The third-order valence-corrected chi connectivity index (χ3v) is 7.39. The van der Waals surface area contributed by atoms with Crippen molar-refractivity contribution in [3.05, 3.63) is 47.7 Å². The first-order chi connectivity index (χ1) is 17.1. The highest BCUT2D eigenvalue weighted by Crippen LogP contribution is 2.29. The number of nitrogens with two attached hydrogens (primary N) is 3. The SMILES string of the molecule is CCOC(=O)c1ccc2nc(N)sc2c1.Cc1nn(-c2cc(S(=O)(=O)O)ccc2S(=O)(=O)O)c(N)c1N. The van der Waals surface area contributed by atoms with Gasteiger partial charge in [-0.25, -0.2) is 14.5 Å². The Bertz CT molecular complexity index is 1710. The summed E-state index contributed by atoms with van der Waals surface area (Å²) in [6.07, 6.45) is 0. The first-order valence-corrected chi connectivity index (χ1v) is 13.9. The maximum atomic E-state index is 11.4. The molecule has 0 radical (unpaired) electrons. The van der Waals surface area contributed by atoms with Crippen LogP contribution in [0.15, 0.2) is 46.2 Å². The van der Waals surface area contributed by atoms with Crippen LogP contribution < -0.4 is 17.2 Å². The number of aromatic nitrogens is 3. The van der Waals surface area contributed by atoms with Gasteiger partial charge in [0.05, 0.1) is 44.4 Å². The number of ether oxygens (including phenoxy) is 1. The van der Waals surface area contributed by atoms with Crippen LogP contribution in [0.5, 0.6) is 0 Å². The van der Waals surface area contributed by atoms with E-state index in [0.29, 0.717) is 17.3 Å². The van der Waals surface area contributed by atoms with E-state index < -0.39 is 30.0 Å². The molecule has 2 aromatic heterocycles. The molecule has 2 heterocycles. The van der Waals surface area contributed by atoms with Gasteiger partial charge in [-0.3, -0.25) is 9.11 Å². The average Bonchev–Trinajstić information content (AvgIpc) is 3.31. The summed E-state index contributed by atoms with van der Waals surface area (Å²) in [4.78, 5) is 14.3. The molecule has 2 aromatic carbocycles. The Morgan fingerprint density at radius 1 is 1.05 bits per heavy atom. The normalized spacial score (nSPS) is 11.7. The second-order valence-corrected chi connectivity index (χ2v) is 11.2. The van der Waals surface area contributed by atoms with Crippen LogP contribution in [-0.2, 0) is 25.0 Å². The molecule has 37 heavy (non-hydrogen) atoms. The Labute approximate surface area is 215 Å². The third-order valence-electron chi connectivity index (χ3n) is 4.79. The van der Waals surface area contributed by atoms with Crippen LogP contribution in [0.2, 0.25) is 0 Å². The van der Waals surface area contributed by atoms with E-state index >= 15 is 0 Å². The maximum absolute atomic E-state index is 11.4. The molecule has 4 rings (SSSR count). The van der Waals surface area contributed by atoms with E-state index in [1.807, 2.05) is 0 Å². The lowest BCUT2D eigenvalue weighted by molar-refractivity contribution is 0.0526. The van der Waals surface area contributed by atoms with Gasteiger partial charge in [0.25, 0.3) is 20.2 Å². The summed E-state index contributed by atoms with van der Waals surface area (Å²) in [5.74, 6) is -0.457. The van der Waals surface area contributed by atoms with E-state index in [1.165, 1.54) is 18.3 Å². The molecule has 198 valence electrons. The van der Waals surface area contributed by atoms with Crippen LogP contribution in [0.4, 0.5) is 16.6 Å². The Balaban J connectivity index is 0.000000220. The number of carbonyl (C=O) groups is 1.